The molecule has 29 heavy (non-hydrogen) atoms. The highest BCUT2D eigenvalue weighted by atomic mass is 16.2. The number of aryl methyl sites for hydroxylation is 1. The van der Waals surface area contributed by atoms with Crippen molar-refractivity contribution in [3.05, 3.63) is 101 Å². The third-order valence-electron chi connectivity index (χ3n) is 4.67. The summed E-state index contributed by atoms with van der Waals surface area (Å²) in [7, 11) is 0. The fourth-order valence-electron chi connectivity index (χ4n) is 3.10. The molecule has 0 radical (unpaired) electrons. The molecule has 2 aromatic carbocycles. The number of rotatable bonds is 7. The molecule has 0 aliphatic heterocycles. The van der Waals surface area contributed by atoms with E-state index in [1.165, 1.54) is 12.4 Å². The lowest BCUT2D eigenvalue weighted by molar-refractivity contribution is 0.0752. The predicted octanol–water partition coefficient (Wildman–Crippen LogP) is 3.98. The van der Waals surface area contributed by atoms with Gasteiger partial charge in [0.15, 0.2) is 0 Å². The summed E-state index contributed by atoms with van der Waals surface area (Å²) in [6, 6.07) is 19.4. The average molecular weight is 387 g/mol. The number of benzene rings is 2. The summed E-state index contributed by atoms with van der Waals surface area (Å²) in [5.74, 6) is -0.392. The normalized spacial score (nSPS) is 10.4. The van der Waals surface area contributed by atoms with Gasteiger partial charge in [0.25, 0.3) is 11.8 Å². The number of nitrogens with one attached hydrogen (secondary N) is 1. The van der Waals surface area contributed by atoms with Crippen LogP contribution in [-0.4, -0.2) is 28.2 Å². The molecule has 1 N–H and O–H groups in total. The van der Waals surface area contributed by atoms with Gasteiger partial charge in [-0.15, -0.1) is 0 Å². The Morgan fingerprint density at radius 2 is 1.66 bits per heavy atom. The molecule has 0 saturated carbocycles. The number of carbonyl (C=O) groups excluding carboxylic acids is 2. The summed E-state index contributed by atoms with van der Waals surface area (Å²) in [5, 5.41) is 2.89. The van der Waals surface area contributed by atoms with E-state index in [1.54, 1.807) is 11.0 Å². The maximum absolute atomic E-state index is 12.9. The Morgan fingerprint density at radius 1 is 0.931 bits per heavy atom. The van der Waals surface area contributed by atoms with Crippen LogP contribution in [0.1, 0.15) is 44.3 Å². The van der Waals surface area contributed by atoms with Gasteiger partial charge in [0.2, 0.25) is 0 Å². The molecule has 0 bridgehead atoms. The first kappa shape index (κ1) is 20.3. The van der Waals surface area contributed by atoms with Crippen LogP contribution in [0.2, 0.25) is 0 Å². The Hall–Kier alpha value is -3.47. The zero-order chi connectivity index (χ0) is 20.6. The van der Waals surface area contributed by atoms with Gasteiger partial charge in [-0.2, -0.15) is 0 Å². The molecule has 148 valence electrons. The molecule has 0 aliphatic rings. The molecule has 0 unspecified atom stereocenters. The average Bonchev–Trinajstić information content (AvgIpc) is 2.76. The highest BCUT2D eigenvalue weighted by Crippen LogP contribution is 2.11. The van der Waals surface area contributed by atoms with Gasteiger partial charge < -0.3 is 10.2 Å². The summed E-state index contributed by atoms with van der Waals surface area (Å²) >= 11 is 0. The van der Waals surface area contributed by atoms with Crippen LogP contribution in [0.5, 0.6) is 0 Å². The van der Waals surface area contributed by atoms with Gasteiger partial charge in [0, 0.05) is 32.0 Å². The molecule has 5 heteroatoms. The minimum Gasteiger partial charge on any atom is -0.348 e. The van der Waals surface area contributed by atoms with Crippen LogP contribution in [-0.2, 0) is 13.1 Å². The van der Waals surface area contributed by atoms with Crippen molar-refractivity contribution >= 4 is 11.8 Å². The van der Waals surface area contributed by atoms with Crippen molar-refractivity contribution in [3.63, 3.8) is 0 Å². The quantitative estimate of drug-likeness (QED) is 0.667. The van der Waals surface area contributed by atoms with Crippen molar-refractivity contribution in [2.24, 2.45) is 0 Å². The van der Waals surface area contributed by atoms with Gasteiger partial charge in [-0.25, -0.2) is 0 Å². The lowest BCUT2D eigenvalue weighted by Gasteiger charge is -2.21. The van der Waals surface area contributed by atoms with Crippen molar-refractivity contribution < 1.29 is 9.59 Å². The minimum absolute atomic E-state index is 0.141. The number of hydrogen-bond donors (Lipinski definition) is 1. The Morgan fingerprint density at radius 3 is 2.38 bits per heavy atom. The maximum atomic E-state index is 12.9. The van der Waals surface area contributed by atoms with Gasteiger partial charge >= 0.3 is 0 Å². The summed E-state index contributed by atoms with van der Waals surface area (Å²) in [6.45, 7) is 5.46. The summed E-state index contributed by atoms with van der Waals surface area (Å²) in [6.07, 6.45) is 2.99. The first-order chi connectivity index (χ1) is 14.1. The van der Waals surface area contributed by atoms with Crippen molar-refractivity contribution in [3.8, 4) is 0 Å². The zero-order valence-electron chi connectivity index (χ0n) is 16.8. The Kier molecular flexibility index (Phi) is 6.74. The molecule has 0 fully saturated rings. The second-order valence-electron chi connectivity index (χ2n) is 6.94. The summed E-state index contributed by atoms with van der Waals surface area (Å²) in [4.78, 5) is 31.3. The van der Waals surface area contributed by atoms with Crippen molar-refractivity contribution in [1.82, 2.24) is 15.2 Å². The number of aromatic nitrogens is 1. The number of hydrogen-bond acceptors (Lipinski definition) is 3. The van der Waals surface area contributed by atoms with E-state index >= 15 is 0 Å². The molecule has 0 saturated heterocycles. The molecule has 0 aliphatic carbocycles. The van der Waals surface area contributed by atoms with E-state index in [1.807, 2.05) is 68.4 Å². The lowest BCUT2D eigenvalue weighted by Crippen LogP contribution is -2.31. The SMILES string of the molecule is CCN(Cc1ccccc1)C(=O)c1cncc(C(=O)NCc2cccc(C)c2)c1. The lowest BCUT2D eigenvalue weighted by atomic mass is 10.1. The zero-order valence-corrected chi connectivity index (χ0v) is 16.8. The fraction of sp³-hybridized carbons (Fsp3) is 0.208. The minimum atomic E-state index is -0.250. The molecular weight excluding hydrogens is 362 g/mol. The second kappa shape index (κ2) is 9.64. The monoisotopic (exact) mass is 387 g/mol. The van der Waals surface area contributed by atoms with Crippen LogP contribution in [0, 0.1) is 6.92 Å². The smallest absolute Gasteiger partial charge is 0.255 e. The van der Waals surface area contributed by atoms with Crippen molar-refractivity contribution in [1.29, 1.82) is 0 Å². The number of pyridine rings is 1. The van der Waals surface area contributed by atoms with Crippen LogP contribution in [0.25, 0.3) is 0 Å². The van der Waals surface area contributed by atoms with Crippen molar-refractivity contribution in [2.75, 3.05) is 6.54 Å². The molecule has 1 aromatic heterocycles. The van der Waals surface area contributed by atoms with Crippen LogP contribution in [0.4, 0.5) is 0 Å². The first-order valence-electron chi connectivity index (χ1n) is 9.69. The third-order valence-corrected chi connectivity index (χ3v) is 4.67. The summed E-state index contributed by atoms with van der Waals surface area (Å²) < 4.78 is 0. The van der Waals surface area contributed by atoms with Crippen molar-refractivity contribution in [2.45, 2.75) is 26.9 Å². The van der Waals surface area contributed by atoms with Gasteiger partial charge in [0.1, 0.15) is 0 Å². The molecule has 2 amide bonds. The van der Waals surface area contributed by atoms with E-state index in [9.17, 15) is 9.59 Å². The predicted molar refractivity (Wildman–Crippen MR) is 113 cm³/mol. The van der Waals surface area contributed by atoms with Crippen LogP contribution >= 0.6 is 0 Å². The van der Waals surface area contributed by atoms with Gasteiger partial charge in [-0.1, -0.05) is 60.2 Å². The molecule has 1 heterocycles. The number of amides is 2. The topological polar surface area (TPSA) is 62.3 Å². The number of carbonyl (C=O) groups is 2. The third kappa shape index (κ3) is 5.51. The molecule has 5 nitrogen and oxygen atoms in total. The largest absolute Gasteiger partial charge is 0.348 e. The van der Waals surface area contributed by atoms with E-state index in [0.717, 1.165) is 16.7 Å². The van der Waals surface area contributed by atoms with Crippen LogP contribution in [0.3, 0.4) is 0 Å². The van der Waals surface area contributed by atoms with E-state index in [-0.39, 0.29) is 11.8 Å². The van der Waals surface area contributed by atoms with Gasteiger partial charge in [-0.3, -0.25) is 14.6 Å². The molecule has 0 spiro atoms. The van der Waals surface area contributed by atoms with Crippen LogP contribution in [0.15, 0.2) is 73.1 Å². The number of nitrogens with zero attached hydrogens (tertiary/aromatic N) is 2. The Bertz CT molecular complexity index is 986. The molecule has 3 rings (SSSR count). The van der Waals surface area contributed by atoms with E-state index in [4.69, 9.17) is 0 Å². The Balaban J connectivity index is 1.68. The molecular formula is C24H25N3O2. The van der Waals surface area contributed by atoms with Gasteiger partial charge in [0.05, 0.1) is 11.1 Å². The highest BCUT2D eigenvalue weighted by Gasteiger charge is 2.17. The first-order valence-corrected chi connectivity index (χ1v) is 9.69. The highest BCUT2D eigenvalue weighted by molar-refractivity contribution is 5.99. The van der Waals surface area contributed by atoms with E-state index in [2.05, 4.69) is 10.3 Å². The maximum Gasteiger partial charge on any atom is 0.255 e. The molecule has 0 atom stereocenters. The standard InChI is InChI=1S/C24H25N3O2/c1-3-27(17-19-9-5-4-6-10-19)24(29)22-13-21(15-25-16-22)23(28)26-14-20-11-7-8-18(2)12-20/h4-13,15-16H,3,14,17H2,1-2H3,(H,26,28). The molecule has 3 aromatic rings. The van der Waals surface area contributed by atoms with E-state index in [0.29, 0.717) is 30.8 Å². The Labute approximate surface area is 171 Å². The summed E-state index contributed by atoms with van der Waals surface area (Å²) in [5.41, 5.74) is 4.01. The van der Waals surface area contributed by atoms with Gasteiger partial charge in [-0.05, 0) is 31.0 Å². The van der Waals surface area contributed by atoms with E-state index < -0.39 is 0 Å². The van der Waals surface area contributed by atoms with Crippen LogP contribution < -0.4 is 5.32 Å². The fourth-order valence-corrected chi connectivity index (χ4v) is 3.10. The second-order valence-corrected chi connectivity index (χ2v) is 6.94.